The van der Waals surface area contributed by atoms with E-state index in [1.165, 1.54) is 5.69 Å². The summed E-state index contributed by atoms with van der Waals surface area (Å²) in [6.07, 6.45) is 0. The van der Waals surface area contributed by atoms with Crippen molar-refractivity contribution in [1.29, 1.82) is 0 Å². The van der Waals surface area contributed by atoms with Crippen molar-refractivity contribution in [1.82, 2.24) is 24.9 Å². The number of hydrogen-bond acceptors (Lipinski definition) is 3. The molecule has 0 radical (unpaired) electrons. The van der Waals surface area contributed by atoms with Crippen molar-refractivity contribution in [3.05, 3.63) is 33.9 Å². The van der Waals surface area contributed by atoms with E-state index >= 15 is 0 Å². The maximum atomic E-state index is 6.15. The van der Waals surface area contributed by atoms with Crippen LogP contribution in [0.15, 0.2) is 6.07 Å². The highest BCUT2D eigenvalue weighted by molar-refractivity contribution is 6.31. The number of rotatable bonds is 6. The van der Waals surface area contributed by atoms with Crippen LogP contribution in [0, 0.1) is 27.7 Å². The number of nitrogens with zero attached hydrogens (tertiary/aromatic N) is 4. The average molecular weight is 310 g/mol. The van der Waals surface area contributed by atoms with Gasteiger partial charge in [0.25, 0.3) is 0 Å². The molecule has 0 aromatic carbocycles. The number of aryl methyl sites for hydroxylation is 3. The molecule has 0 spiro atoms. The lowest BCUT2D eigenvalue weighted by molar-refractivity contribution is 0.425. The topological polar surface area (TPSA) is 47.7 Å². The highest BCUT2D eigenvalue weighted by Crippen LogP contribution is 2.18. The summed E-state index contributed by atoms with van der Waals surface area (Å²) in [5, 5.41) is 13.2. The van der Waals surface area contributed by atoms with Gasteiger partial charge >= 0.3 is 0 Å². The third-order valence-electron chi connectivity index (χ3n) is 3.66. The summed E-state index contributed by atoms with van der Waals surface area (Å²) in [7, 11) is 0. The maximum absolute atomic E-state index is 6.15. The Morgan fingerprint density at radius 3 is 2.43 bits per heavy atom. The first-order valence-electron chi connectivity index (χ1n) is 7.32. The van der Waals surface area contributed by atoms with Crippen molar-refractivity contribution in [3.8, 4) is 0 Å². The second-order valence-corrected chi connectivity index (χ2v) is 6.05. The minimum Gasteiger partial charge on any atom is -0.311 e. The van der Waals surface area contributed by atoms with Gasteiger partial charge < -0.3 is 5.32 Å². The molecular weight excluding hydrogens is 286 g/mol. The van der Waals surface area contributed by atoms with E-state index < -0.39 is 0 Å². The van der Waals surface area contributed by atoms with Gasteiger partial charge in [-0.05, 0) is 40.7 Å². The summed E-state index contributed by atoms with van der Waals surface area (Å²) in [5.41, 5.74) is 4.19. The first-order chi connectivity index (χ1) is 9.88. The van der Waals surface area contributed by atoms with Crippen LogP contribution < -0.4 is 5.32 Å². The smallest absolute Gasteiger partial charge is 0.0844 e. The summed E-state index contributed by atoms with van der Waals surface area (Å²) >= 11 is 6.15. The fourth-order valence-corrected chi connectivity index (χ4v) is 2.63. The maximum Gasteiger partial charge on any atom is 0.0844 e. The van der Waals surface area contributed by atoms with Crippen LogP contribution in [0.25, 0.3) is 0 Å². The lowest BCUT2D eigenvalue weighted by atomic mass is 10.3. The minimum absolute atomic E-state index is 0.357. The number of aromatic nitrogens is 4. The summed E-state index contributed by atoms with van der Waals surface area (Å²) < 4.78 is 4.01. The van der Waals surface area contributed by atoms with Crippen molar-refractivity contribution in [3.63, 3.8) is 0 Å². The molecule has 2 aromatic rings. The summed E-state index contributed by atoms with van der Waals surface area (Å²) in [5.74, 6) is 0. The van der Waals surface area contributed by atoms with Gasteiger partial charge in [0.2, 0.25) is 0 Å². The Balaban J connectivity index is 1.83. The zero-order valence-electron chi connectivity index (χ0n) is 13.4. The molecule has 1 N–H and O–H groups in total. The zero-order chi connectivity index (χ0) is 15.6. The van der Waals surface area contributed by atoms with Gasteiger partial charge in [-0.25, -0.2) is 0 Å². The molecular formula is C15H24ClN5. The van der Waals surface area contributed by atoms with E-state index in [1.54, 1.807) is 0 Å². The van der Waals surface area contributed by atoms with Gasteiger partial charge in [0.05, 0.1) is 35.2 Å². The molecule has 0 aliphatic rings. The largest absolute Gasteiger partial charge is 0.311 e. The van der Waals surface area contributed by atoms with E-state index in [0.29, 0.717) is 6.04 Å². The fraction of sp³-hybridized carbons (Fsp3) is 0.600. The van der Waals surface area contributed by atoms with Gasteiger partial charge in [-0.2, -0.15) is 10.2 Å². The van der Waals surface area contributed by atoms with Crippen molar-refractivity contribution >= 4 is 11.6 Å². The van der Waals surface area contributed by atoms with Gasteiger partial charge in [0.15, 0.2) is 0 Å². The summed E-state index contributed by atoms with van der Waals surface area (Å²) in [6.45, 7) is 12.8. The molecule has 116 valence electrons. The second kappa shape index (κ2) is 6.62. The average Bonchev–Trinajstić information content (AvgIpc) is 2.84. The molecule has 0 unspecified atom stereocenters. The summed E-state index contributed by atoms with van der Waals surface area (Å²) in [6, 6.07) is 2.46. The van der Waals surface area contributed by atoms with Crippen LogP contribution >= 0.6 is 11.6 Å². The van der Waals surface area contributed by atoms with Crippen LogP contribution in [0.3, 0.4) is 0 Å². The van der Waals surface area contributed by atoms with Gasteiger partial charge in [-0.3, -0.25) is 9.36 Å². The molecule has 0 fully saturated rings. The molecule has 21 heavy (non-hydrogen) atoms. The first kappa shape index (κ1) is 16.0. The van der Waals surface area contributed by atoms with Gasteiger partial charge in [0.1, 0.15) is 0 Å². The van der Waals surface area contributed by atoms with Crippen LogP contribution in [0.1, 0.15) is 29.7 Å². The van der Waals surface area contributed by atoms with Crippen LogP contribution in [-0.4, -0.2) is 32.1 Å². The number of hydrogen-bond donors (Lipinski definition) is 1. The number of nitrogens with one attached hydrogen (secondary N) is 1. The summed E-state index contributed by atoms with van der Waals surface area (Å²) in [4.78, 5) is 0. The number of halogens is 1. The van der Waals surface area contributed by atoms with Crippen molar-refractivity contribution in [2.24, 2.45) is 0 Å². The van der Waals surface area contributed by atoms with Crippen LogP contribution in [-0.2, 0) is 13.1 Å². The van der Waals surface area contributed by atoms with Crippen molar-refractivity contribution in [2.75, 3.05) is 6.54 Å². The predicted octanol–water partition coefficient (Wildman–Crippen LogP) is 2.64. The SMILES string of the molecule is Cc1cc(C)n(C[C@H](C)NCCn2nc(C)c(Cl)c2C)n1. The van der Waals surface area contributed by atoms with E-state index in [-0.39, 0.29) is 0 Å². The highest BCUT2D eigenvalue weighted by atomic mass is 35.5. The Morgan fingerprint density at radius 1 is 1.19 bits per heavy atom. The van der Waals surface area contributed by atoms with Crippen molar-refractivity contribution < 1.29 is 0 Å². The molecule has 2 heterocycles. The second-order valence-electron chi connectivity index (χ2n) is 5.67. The van der Waals surface area contributed by atoms with E-state index in [1.807, 2.05) is 30.1 Å². The molecule has 2 aromatic heterocycles. The third kappa shape index (κ3) is 3.86. The normalized spacial score (nSPS) is 12.9. The molecule has 6 heteroatoms. The van der Waals surface area contributed by atoms with E-state index in [0.717, 1.165) is 41.7 Å². The Bertz CT molecular complexity index is 614. The Morgan fingerprint density at radius 2 is 1.90 bits per heavy atom. The molecule has 0 aliphatic heterocycles. The Kier molecular flexibility index (Phi) is 5.06. The fourth-order valence-electron chi connectivity index (χ4n) is 2.49. The Labute approximate surface area is 131 Å². The molecule has 0 saturated heterocycles. The third-order valence-corrected chi connectivity index (χ3v) is 4.21. The standard InChI is InChI=1S/C15H24ClN5/c1-10-8-12(3)21(18-10)9-11(2)17-6-7-20-14(5)15(16)13(4)19-20/h8,11,17H,6-7,9H2,1-5H3/t11-/m0/s1. The Hall–Kier alpha value is -1.33. The molecule has 0 bridgehead atoms. The lowest BCUT2D eigenvalue weighted by Gasteiger charge is -2.15. The van der Waals surface area contributed by atoms with Crippen LogP contribution in [0.2, 0.25) is 5.02 Å². The van der Waals surface area contributed by atoms with E-state index in [9.17, 15) is 0 Å². The molecule has 0 saturated carbocycles. The van der Waals surface area contributed by atoms with Gasteiger partial charge in [-0.15, -0.1) is 0 Å². The molecule has 2 rings (SSSR count). The molecule has 1 atom stereocenters. The highest BCUT2D eigenvalue weighted by Gasteiger charge is 2.10. The minimum atomic E-state index is 0.357. The monoisotopic (exact) mass is 309 g/mol. The van der Waals surface area contributed by atoms with Gasteiger partial charge in [-0.1, -0.05) is 11.6 Å². The van der Waals surface area contributed by atoms with Crippen LogP contribution in [0.4, 0.5) is 0 Å². The zero-order valence-corrected chi connectivity index (χ0v) is 14.2. The first-order valence-corrected chi connectivity index (χ1v) is 7.70. The molecule has 0 amide bonds. The molecule has 5 nitrogen and oxygen atoms in total. The van der Waals surface area contributed by atoms with Crippen molar-refractivity contribution in [2.45, 2.75) is 53.8 Å². The van der Waals surface area contributed by atoms with E-state index in [2.05, 4.69) is 35.4 Å². The quantitative estimate of drug-likeness (QED) is 0.892. The lowest BCUT2D eigenvalue weighted by Crippen LogP contribution is -2.33. The van der Waals surface area contributed by atoms with Gasteiger partial charge in [0, 0.05) is 18.3 Å². The van der Waals surface area contributed by atoms with E-state index in [4.69, 9.17) is 11.6 Å². The van der Waals surface area contributed by atoms with Crippen LogP contribution in [0.5, 0.6) is 0 Å². The molecule has 0 aliphatic carbocycles. The predicted molar refractivity (Wildman–Crippen MR) is 85.9 cm³/mol.